The van der Waals surface area contributed by atoms with Gasteiger partial charge in [-0.25, -0.2) is 9.78 Å². The molecule has 0 aliphatic heterocycles. The van der Waals surface area contributed by atoms with Gasteiger partial charge in [0.25, 0.3) is 0 Å². The molecule has 2 aromatic carbocycles. The van der Waals surface area contributed by atoms with Crippen LogP contribution in [0.3, 0.4) is 0 Å². The van der Waals surface area contributed by atoms with Crippen LogP contribution in [0, 0.1) is 11.3 Å². The average molecular weight is 404 g/mol. The number of nitriles is 1. The van der Waals surface area contributed by atoms with Crippen LogP contribution in [0.1, 0.15) is 36.6 Å². The van der Waals surface area contributed by atoms with Gasteiger partial charge in [0, 0.05) is 24.6 Å². The topological polar surface area (TPSA) is 89.2 Å². The number of anilines is 1. The molecular weight excluding hydrogens is 380 g/mol. The third kappa shape index (κ3) is 5.39. The third-order valence-corrected chi connectivity index (χ3v) is 4.40. The molecule has 0 fully saturated rings. The first kappa shape index (κ1) is 20.9. The van der Waals surface area contributed by atoms with E-state index in [1.807, 2.05) is 35.9 Å². The number of aromatic nitrogens is 2. The first-order chi connectivity index (χ1) is 14.6. The Morgan fingerprint density at radius 2 is 2.00 bits per heavy atom. The number of imidazole rings is 1. The predicted octanol–water partition coefficient (Wildman–Crippen LogP) is 3.92. The van der Waals surface area contributed by atoms with Crippen molar-refractivity contribution in [3.8, 4) is 11.8 Å². The number of nitrogens with one attached hydrogen (secondary N) is 1. The Hall–Kier alpha value is -3.79. The summed E-state index contributed by atoms with van der Waals surface area (Å²) in [4.78, 5) is 16.9. The van der Waals surface area contributed by atoms with Crippen molar-refractivity contribution >= 4 is 11.7 Å². The Balaban J connectivity index is 1.96. The van der Waals surface area contributed by atoms with E-state index >= 15 is 0 Å². The van der Waals surface area contributed by atoms with E-state index in [0.717, 1.165) is 11.1 Å². The standard InChI is InChI=1S/C23H24N4O3/c1-3-29-21-12-18(15-27-10-9-25-16-27)11-19(13-21)22(23(28)30-4-2)26-20-7-5-17(14-24)6-8-20/h5-13,16,22,26H,3-4,15H2,1-2H3. The minimum Gasteiger partial charge on any atom is -0.494 e. The summed E-state index contributed by atoms with van der Waals surface area (Å²) >= 11 is 0. The van der Waals surface area contributed by atoms with Crippen LogP contribution < -0.4 is 10.1 Å². The molecule has 0 aliphatic rings. The molecule has 0 saturated heterocycles. The summed E-state index contributed by atoms with van der Waals surface area (Å²) in [6, 6.07) is 14.1. The summed E-state index contributed by atoms with van der Waals surface area (Å²) in [5.74, 6) is 0.296. The minimum atomic E-state index is -0.722. The quantitative estimate of drug-likeness (QED) is 0.544. The lowest BCUT2D eigenvalue weighted by Gasteiger charge is -2.21. The highest BCUT2D eigenvalue weighted by molar-refractivity contribution is 5.81. The maximum absolute atomic E-state index is 12.8. The van der Waals surface area contributed by atoms with Crippen LogP contribution in [-0.4, -0.2) is 28.7 Å². The van der Waals surface area contributed by atoms with Crippen LogP contribution in [0.4, 0.5) is 5.69 Å². The molecule has 1 aromatic heterocycles. The molecule has 1 unspecified atom stereocenters. The van der Waals surface area contributed by atoms with Crippen molar-refractivity contribution in [1.29, 1.82) is 5.26 Å². The van der Waals surface area contributed by atoms with Crippen molar-refractivity contribution in [1.82, 2.24) is 9.55 Å². The molecule has 154 valence electrons. The molecule has 7 heteroatoms. The summed E-state index contributed by atoms with van der Waals surface area (Å²) in [5.41, 5.74) is 2.97. The fraction of sp³-hybridized carbons (Fsp3) is 0.261. The first-order valence-corrected chi connectivity index (χ1v) is 9.78. The number of rotatable bonds is 9. The fourth-order valence-electron chi connectivity index (χ4n) is 3.10. The van der Waals surface area contributed by atoms with E-state index in [4.69, 9.17) is 14.7 Å². The zero-order valence-electron chi connectivity index (χ0n) is 17.0. The number of carbonyl (C=O) groups is 1. The third-order valence-electron chi connectivity index (χ3n) is 4.40. The van der Waals surface area contributed by atoms with Crippen LogP contribution in [0.5, 0.6) is 5.75 Å². The van der Waals surface area contributed by atoms with Crippen LogP contribution in [0.25, 0.3) is 0 Å². The molecule has 1 heterocycles. The second kappa shape index (κ2) is 10.1. The second-order valence-electron chi connectivity index (χ2n) is 6.60. The summed E-state index contributed by atoms with van der Waals surface area (Å²) in [6.07, 6.45) is 5.34. The van der Waals surface area contributed by atoms with Crippen molar-refractivity contribution in [2.75, 3.05) is 18.5 Å². The number of carbonyl (C=O) groups excluding carboxylic acids is 1. The molecule has 1 atom stereocenters. The summed E-state index contributed by atoms with van der Waals surface area (Å²) < 4.78 is 13.0. The second-order valence-corrected chi connectivity index (χ2v) is 6.60. The van der Waals surface area contributed by atoms with Gasteiger partial charge in [0.1, 0.15) is 5.75 Å². The molecule has 3 rings (SSSR count). The zero-order chi connectivity index (χ0) is 21.3. The van der Waals surface area contributed by atoms with E-state index in [1.54, 1.807) is 43.7 Å². The smallest absolute Gasteiger partial charge is 0.333 e. The van der Waals surface area contributed by atoms with Gasteiger partial charge in [-0.2, -0.15) is 5.26 Å². The normalized spacial score (nSPS) is 11.4. The Morgan fingerprint density at radius 3 is 2.63 bits per heavy atom. The summed E-state index contributed by atoms with van der Waals surface area (Å²) in [7, 11) is 0. The number of hydrogen-bond acceptors (Lipinski definition) is 6. The van der Waals surface area contributed by atoms with Gasteiger partial charge in [0.15, 0.2) is 6.04 Å². The van der Waals surface area contributed by atoms with Gasteiger partial charge in [-0.3, -0.25) is 0 Å². The van der Waals surface area contributed by atoms with Crippen molar-refractivity contribution in [3.63, 3.8) is 0 Å². The van der Waals surface area contributed by atoms with Crippen molar-refractivity contribution in [2.45, 2.75) is 26.4 Å². The molecule has 30 heavy (non-hydrogen) atoms. The summed E-state index contributed by atoms with van der Waals surface area (Å²) in [5, 5.41) is 12.2. The van der Waals surface area contributed by atoms with Crippen LogP contribution in [0.15, 0.2) is 61.2 Å². The Labute approximate surface area is 175 Å². The number of nitrogens with zero attached hydrogens (tertiary/aromatic N) is 3. The monoisotopic (exact) mass is 404 g/mol. The fourth-order valence-corrected chi connectivity index (χ4v) is 3.10. The number of benzene rings is 2. The molecule has 0 aliphatic carbocycles. The molecule has 0 radical (unpaired) electrons. The van der Waals surface area contributed by atoms with Crippen LogP contribution in [-0.2, 0) is 16.1 Å². The van der Waals surface area contributed by atoms with E-state index in [1.165, 1.54) is 0 Å². The first-order valence-electron chi connectivity index (χ1n) is 9.78. The Morgan fingerprint density at radius 1 is 1.20 bits per heavy atom. The van der Waals surface area contributed by atoms with E-state index in [2.05, 4.69) is 16.4 Å². The molecule has 0 amide bonds. The van der Waals surface area contributed by atoms with Gasteiger partial charge in [-0.05, 0) is 61.4 Å². The van der Waals surface area contributed by atoms with Gasteiger partial charge in [0.2, 0.25) is 0 Å². The van der Waals surface area contributed by atoms with Crippen molar-refractivity contribution < 1.29 is 14.3 Å². The zero-order valence-corrected chi connectivity index (χ0v) is 17.0. The van der Waals surface area contributed by atoms with Crippen LogP contribution >= 0.6 is 0 Å². The maximum Gasteiger partial charge on any atom is 0.333 e. The number of ether oxygens (including phenoxy) is 2. The number of esters is 1. The molecule has 3 aromatic rings. The minimum absolute atomic E-state index is 0.275. The Kier molecular flexibility index (Phi) is 7.06. The summed E-state index contributed by atoms with van der Waals surface area (Å²) in [6.45, 7) is 5.08. The lowest BCUT2D eigenvalue weighted by molar-refractivity contribution is -0.144. The molecule has 0 bridgehead atoms. The highest BCUT2D eigenvalue weighted by atomic mass is 16.5. The van der Waals surface area contributed by atoms with E-state index in [9.17, 15) is 4.79 Å². The highest BCUT2D eigenvalue weighted by Crippen LogP contribution is 2.27. The molecular formula is C23H24N4O3. The molecule has 7 nitrogen and oxygen atoms in total. The van der Waals surface area contributed by atoms with Gasteiger partial charge in [0.05, 0.1) is 31.2 Å². The van der Waals surface area contributed by atoms with Crippen molar-refractivity contribution in [2.24, 2.45) is 0 Å². The predicted molar refractivity (Wildman–Crippen MR) is 113 cm³/mol. The lowest BCUT2D eigenvalue weighted by Crippen LogP contribution is -2.23. The largest absolute Gasteiger partial charge is 0.494 e. The van der Waals surface area contributed by atoms with Gasteiger partial charge in [-0.15, -0.1) is 0 Å². The molecule has 0 spiro atoms. The molecule has 0 saturated carbocycles. The average Bonchev–Trinajstić information content (AvgIpc) is 3.25. The van der Waals surface area contributed by atoms with E-state index in [0.29, 0.717) is 30.2 Å². The highest BCUT2D eigenvalue weighted by Gasteiger charge is 2.23. The SMILES string of the molecule is CCOC(=O)C(Nc1ccc(C#N)cc1)c1cc(Cn2ccnc2)cc(OCC)c1. The maximum atomic E-state index is 12.8. The number of hydrogen-bond donors (Lipinski definition) is 1. The van der Waals surface area contributed by atoms with Gasteiger partial charge >= 0.3 is 5.97 Å². The van der Waals surface area contributed by atoms with Gasteiger partial charge in [-0.1, -0.05) is 6.07 Å². The van der Waals surface area contributed by atoms with E-state index < -0.39 is 6.04 Å². The van der Waals surface area contributed by atoms with Crippen LogP contribution in [0.2, 0.25) is 0 Å². The molecule has 1 N–H and O–H groups in total. The van der Waals surface area contributed by atoms with Crippen molar-refractivity contribution in [3.05, 3.63) is 77.9 Å². The Bertz CT molecular complexity index is 1010. The van der Waals surface area contributed by atoms with E-state index in [-0.39, 0.29) is 12.6 Å². The van der Waals surface area contributed by atoms with Gasteiger partial charge < -0.3 is 19.4 Å². The lowest BCUT2D eigenvalue weighted by atomic mass is 10.0.